The molecule has 1 saturated heterocycles. The lowest BCUT2D eigenvalue weighted by Gasteiger charge is -2.32. The SMILES string of the molecule is CCOC(=O)C1CCN(C(=O)C(C)OC(=O)CSc2nnc(-c3cccs3)n2CC)CC1. The minimum atomic E-state index is -0.882. The average molecular weight is 481 g/mol. The predicted molar refractivity (Wildman–Crippen MR) is 121 cm³/mol. The molecule has 1 atom stereocenters. The highest BCUT2D eigenvalue weighted by Crippen LogP contribution is 2.27. The number of likely N-dealkylation sites (tertiary alicyclic amines) is 1. The first-order valence-electron chi connectivity index (χ1n) is 10.7. The third-order valence-corrected chi connectivity index (χ3v) is 6.98. The molecular formula is C21H28N4O5S2. The van der Waals surface area contributed by atoms with Crippen LogP contribution in [0.1, 0.15) is 33.6 Å². The first-order chi connectivity index (χ1) is 15.4. The van der Waals surface area contributed by atoms with Crippen molar-refractivity contribution in [2.45, 2.75) is 51.4 Å². The van der Waals surface area contributed by atoms with E-state index in [0.29, 0.717) is 44.2 Å². The highest BCUT2D eigenvalue weighted by Gasteiger charge is 2.31. The lowest BCUT2D eigenvalue weighted by molar-refractivity contribution is -0.159. The van der Waals surface area contributed by atoms with E-state index in [1.807, 2.05) is 29.0 Å². The molecule has 1 aliphatic heterocycles. The summed E-state index contributed by atoms with van der Waals surface area (Å²) in [6.07, 6.45) is 0.230. The number of amides is 1. The molecule has 0 N–H and O–H groups in total. The summed E-state index contributed by atoms with van der Waals surface area (Å²) in [5.74, 6) is -0.317. The molecule has 1 fully saturated rings. The number of aromatic nitrogens is 3. The van der Waals surface area contributed by atoms with Crippen molar-refractivity contribution in [2.24, 2.45) is 5.92 Å². The van der Waals surface area contributed by atoms with Crippen LogP contribution in [0.25, 0.3) is 10.7 Å². The van der Waals surface area contributed by atoms with Crippen LogP contribution in [0.2, 0.25) is 0 Å². The molecule has 11 heteroatoms. The molecule has 3 rings (SSSR count). The number of rotatable bonds is 9. The van der Waals surface area contributed by atoms with E-state index in [1.165, 1.54) is 11.8 Å². The van der Waals surface area contributed by atoms with E-state index in [0.717, 1.165) is 10.7 Å². The summed E-state index contributed by atoms with van der Waals surface area (Å²) in [7, 11) is 0. The lowest BCUT2D eigenvalue weighted by atomic mass is 9.97. The van der Waals surface area contributed by atoms with Crippen molar-refractivity contribution in [3.8, 4) is 10.7 Å². The van der Waals surface area contributed by atoms with Crippen molar-refractivity contribution in [2.75, 3.05) is 25.4 Å². The van der Waals surface area contributed by atoms with E-state index in [9.17, 15) is 14.4 Å². The largest absolute Gasteiger partial charge is 0.466 e. The Morgan fingerprint density at radius 2 is 2.00 bits per heavy atom. The van der Waals surface area contributed by atoms with Gasteiger partial charge in [0.2, 0.25) is 0 Å². The van der Waals surface area contributed by atoms with Gasteiger partial charge >= 0.3 is 11.9 Å². The summed E-state index contributed by atoms with van der Waals surface area (Å²) in [5, 5.41) is 11.1. The van der Waals surface area contributed by atoms with Crippen LogP contribution in [0, 0.1) is 5.92 Å². The monoisotopic (exact) mass is 480 g/mol. The standard InChI is InChI=1S/C21H28N4O5S2/c1-4-25-18(16-7-6-12-31-16)22-23-21(25)32-13-17(26)30-14(3)19(27)24-10-8-15(9-11-24)20(28)29-5-2/h6-7,12,14-15H,4-5,8-11,13H2,1-3H3. The van der Waals surface area contributed by atoms with Crippen LogP contribution in [0.4, 0.5) is 0 Å². The zero-order valence-electron chi connectivity index (χ0n) is 18.5. The number of thiophene rings is 1. The number of carbonyl (C=O) groups is 3. The maximum Gasteiger partial charge on any atom is 0.317 e. The fraction of sp³-hybridized carbons (Fsp3) is 0.571. The molecule has 3 heterocycles. The van der Waals surface area contributed by atoms with E-state index >= 15 is 0 Å². The maximum atomic E-state index is 12.6. The van der Waals surface area contributed by atoms with Gasteiger partial charge in [-0.2, -0.15) is 0 Å². The highest BCUT2D eigenvalue weighted by molar-refractivity contribution is 7.99. The van der Waals surface area contributed by atoms with Gasteiger partial charge in [-0.3, -0.25) is 14.4 Å². The van der Waals surface area contributed by atoms with Crippen molar-refractivity contribution < 1.29 is 23.9 Å². The fourth-order valence-electron chi connectivity index (χ4n) is 3.53. The van der Waals surface area contributed by atoms with Crippen molar-refractivity contribution in [1.82, 2.24) is 19.7 Å². The van der Waals surface area contributed by atoms with Gasteiger partial charge in [0.1, 0.15) is 0 Å². The molecule has 0 aromatic carbocycles. The molecule has 1 amide bonds. The van der Waals surface area contributed by atoms with Crippen LogP contribution >= 0.6 is 23.1 Å². The van der Waals surface area contributed by atoms with Gasteiger partial charge < -0.3 is 18.9 Å². The number of hydrogen-bond donors (Lipinski definition) is 0. The summed E-state index contributed by atoms with van der Waals surface area (Å²) in [6, 6.07) is 3.93. The molecule has 0 radical (unpaired) electrons. The Hall–Kier alpha value is -2.40. The summed E-state index contributed by atoms with van der Waals surface area (Å²) in [4.78, 5) is 39.5. The second-order valence-electron chi connectivity index (χ2n) is 7.30. The third kappa shape index (κ3) is 5.89. The number of carbonyl (C=O) groups excluding carboxylic acids is 3. The minimum absolute atomic E-state index is 0.0329. The van der Waals surface area contributed by atoms with Crippen LogP contribution in [-0.2, 0) is 30.4 Å². The van der Waals surface area contributed by atoms with Crippen molar-refractivity contribution in [1.29, 1.82) is 0 Å². The van der Waals surface area contributed by atoms with Gasteiger partial charge in [-0.25, -0.2) is 0 Å². The van der Waals surface area contributed by atoms with Crippen LogP contribution in [0.3, 0.4) is 0 Å². The van der Waals surface area contributed by atoms with Crippen LogP contribution in [0.5, 0.6) is 0 Å². The molecule has 9 nitrogen and oxygen atoms in total. The number of piperidine rings is 1. The topological polar surface area (TPSA) is 104 Å². The Balaban J connectivity index is 1.47. The number of thioether (sulfide) groups is 1. The fourth-order valence-corrected chi connectivity index (χ4v) is 5.03. The Bertz CT molecular complexity index is 923. The average Bonchev–Trinajstić information content (AvgIpc) is 3.46. The Morgan fingerprint density at radius 1 is 1.25 bits per heavy atom. The van der Waals surface area contributed by atoms with Gasteiger partial charge in [0.15, 0.2) is 17.1 Å². The Kier molecular flexibility index (Phi) is 8.68. The summed E-state index contributed by atoms with van der Waals surface area (Å²) >= 11 is 2.82. The van der Waals surface area contributed by atoms with Crippen molar-refractivity contribution in [3.05, 3.63) is 17.5 Å². The second-order valence-corrected chi connectivity index (χ2v) is 9.19. The van der Waals surface area contributed by atoms with Gasteiger partial charge in [-0.1, -0.05) is 17.8 Å². The lowest BCUT2D eigenvalue weighted by Crippen LogP contribution is -2.45. The zero-order valence-corrected chi connectivity index (χ0v) is 20.1. The normalized spacial score (nSPS) is 15.4. The molecular weight excluding hydrogens is 452 g/mol. The Morgan fingerprint density at radius 3 is 2.62 bits per heavy atom. The van der Waals surface area contributed by atoms with Crippen LogP contribution in [-0.4, -0.2) is 69.1 Å². The zero-order chi connectivity index (χ0) is 23.1. The van der Waals surface area contributed by atoms with Crippen LogP contribution in [0.15, 0.2) is 22.7 Å². The Labute approximate surface area is 195 Å². The summed E-state index contributed by atoms with van der Waals surface area (Å²) in [5.41, 5.74) is 0. The predicted octanol–water partition coefficient (Wildman–Crippen LogP) is 2.85. The quantitative estimate of drug-likeness (QED) is 0.399. The van der Waals surface area contributed by atoms with E-state index in [4.69, 9.17) is 9.47 Å². The van der Waals surface area contributed by atoms with E-state index < -0.39 is 12.1 Å². The second kappa shape index (κ2) is 11.5. The number of hydrogen-bond acceptors (Lipinski definition) is 9. The summed E-state index contributed by atoms with van der Waals surface area (Å²) in [6.45, 7) is 7.27. The minimum Gasteiger partial charge on any atom is -0.466 e. The van der Waals surface area contributed by atoms with E-state index in [-0.39, 0.29) is 23.5 Å². The van der Waals surface area contributed by atoms with E-state index in [2.05, 4.69) is 10.2 Å². The van der Waals surface area contributed by atoms with Crippen molar-refractivity contribution in [3.63, 3.8) is 0 Å². The van der Waals surface area contributed by atoms with Gasteiger partial charge in [-0.05, 0) is 45.1 Å². The molecule has 0 saturated carbocycles. The molecule has 174 valence electrons. The van der Waals surface area contributed by atoms with Gasteiger partial charge in [0.25, 0.3) is 5.91 Å². The molecule has 0 spiro atoms. The molecule has 1 aliphatic rings. The van der Waals surface area contributed by atoms with Gasteiger partial charge in [-0.15, -0.1) is 21.5 Å². The van der Waals surface area contributed by atoms with Crippen LogP contribution < -0.4 is 0 Å². The molecule has 2 aromatic heterocycles. The highest BCUT2D eigenvalue weighted by atomic mass is 32.2. The molecule has 2 aromatic rings. The van der Waals surface area contributed by atoms with Gasteiger partial charge in [0.05, 0.1) is 23.2 Å². The smallest absolute Gasteiger partial charge is 0.317 e. The van der Waals surface area contributed by atoms with E-state index in [1.54, 1.807) is 30.1 Å². The molecule has 0 bridgehead atoms. The number of nitrogens with zero attached hydrogens (tertiary/aromatic N) is 4. The molecule has 0 aliphatic carbocycles. The molecule has 32 heavy (non-hydrogen) atoms. The van der Waals surface area contributed by atoms with Crippen molar-refractivity contribution >= 4 is 40.9 Å². The number of esters is 2. The third-order valence-electron chi connectivity index (χ3n) is 5.18. The van der Waals surface area contributed by atoms with Gasteiger partial charge in [0, 0.05) is 19.6 Å². The summed E-state index contributed by atoms with van der Waals surface area (Å²) < 4.78 is 12.4. The first-order valence-corrected chi connectivity index (χ1v) is 12.6. The molecule has 1 unspecified atom stereocenters. The first kappa shape index (κ1) is 24.2. The maximum absolute atomic E-state index is 12.6. The number of ether oxygens (including phenoxy) is 2.